The molecule has 1 aliphatic rings. The van der Waals surface area contributed by atoms with Gasteiger partial charge < -0.3 is 16.2 Å². The topological polar surface area (TPSA) is 105 Å². The molecule has 4 N–H and O–H groups in total. The number of nitrogens with one attached hydrogen (secondary N) is 1. The quantitative estimate of drug-likeness (QED) is 0.529. The van der Waals surface area contributed by atoms with Crippen LogP contribution in [-0.4, -0.2) is 43.9 Å². The Balaban J connectivity index is 1.81. The molecule has 1 heterocycles. The van der Waals surface area contributed by atoms with Crippen LogP contribution in [0.1, 0.15) is 32.1 Å². The number of sulfone groups is 1. The highest BCUT2D eigenvalue weighted by Crippen LogP contribution is 2.18. The van der Waals surface area contributed by atoms with Crippen LogP contribution in [0.3, 0.4) is 0 Å². The SMILES string of the molecule is NC(=NCC(O)CS(=O)(=O)c1cccs1)NC1CCCCC1. The third-order valence-electron chi connectivity index (χ3n) is 3.64. The second kappa shape index (κ2) is 7.94. The number of hydrogen-bond donors (Lipinski definition) is 3. The van der Waals surface area contributed by atoms with Crippen molar-refractivity contribution in [3.8, 4) is 0 Å². The summed E-state index contributed by atoms with van der Waals surface area (Å²) in [5, 5.41) is 14.7. The maximum atomic E-state index is 12.0. The number of guanidine groups is 1. The predicted molar refractivity (Wildman–Crippen MR) is 88.9 cm³/mol. The summed E-state index contributed by atoms with van der Waals surface area (Å²) in [6.07, 6.45) is 4.73. The molecule has 8 heteroatoms. The van der Waals surface area contributed by atoms with Gasteiger partial charge in [-0.05, 0) is 24.3 Å². The zero-order valence-corrected chi connectivity index (χ0v) is 14.1. The van der Waals surface area contributed by atoms with Crippen LogP contribution in [0.15, 0.2) is 26.7 Å². The van der Waals surface area contributed by atoms with Crippen LogP contribution < -0.4 is 11.1 Å². The molecule has 1 atom stereocenters. The lowest BCUT2D eigenvalue weighted by molar-refractivity contribution is 0.206. The van der Waals surface area contributed by atoms with E-state index in [4.69, 9.17) is 5.73 Å². The van der Waals surface area contributed by atoms with E-state index in [9.17, 15) is 13.5 Å². The first kappa shape index (κ1) is 17.2. The van der Waals surface area contributed by atoms with Gasteiger partial charge in [0, 0.05) is 6.04 Å². The monoisotopic (exact) mass is 345 g/mol. The Kier molecular flexibility index (Phi) is 6.22. The van der Waals surface area contributed by atoms with E-state index in [2.05, 4.69) is 10.3 Å². The average Bonchev–Trinajstić information content (AvgIpc) is 3.01. The smallest absolute Gasteiger partial charge is 0.190 e. The molecule has 1 aromatic rings. The van der Waals surface area contributed by atoms with Gasteiger partial charge in [0.25, 0.3) is 0 Å². The molecule has 124 valence electrons. The molecule has 0 aromatic carbocycles. The molecule has 2 rings (SSSR count). The third-order valence-corrected chi connectivity index (χ3v) is 6.93. The van der Waals surface area contributed by atoms with E-state index in [0.29, 0.717) is 6.04 Å². The Hall–Kier alpha value is -1.12. The van der Waals surface area contributed by atoms with E-state index in [0.717, 1.165) is 24.2 Å². The minimum atomic E-state index is -3.45. The fraction of sp³-hybridized carbons (Fsp3) is 0.643. The lowest BCUT2D eigenvalue weighted by atomic mass is 9.96. The standard InChI is InChI=1S/C14H23N3O3S2/c15-14(17-11-5-2-1-3-6-11)16-9-12(18)10-22(19,20)13-7-4-8-21-13/h4,7-8,11-12,18H,1-3,5-6,9-10H2,(H3,15,16,17). The number of hydrogen-bond acceptors (Lipinski definition) is 5. The van der Waals surface area contributed by atoms with E-state index >= 15 is 0 Å². The summed E-state index contributed by atoms with van der Waals surface area (Å²) >= 11 is 1.15. The van der Waals surface area contributed by atoms with Gasteiger partial charge in [-0.25, -0.2) is 8.42 Å². The first-order valence-corrected chi connectivity index (χ1v) is 10.0. The summed E-state index contributed by atoms with van der Waals surface area (Å²) < 4.78 is 24.3. The summed E-state index contributed by atoms with van der Waals surface area (Å²) in [5.74, 6) is -0.0623. The number of nitrogens with zero attached hydrogens (tertiary/aromatic N) is 1. The van der Waals surface area contributed by atoms with E-state index in [1.807, 2.05) is 0 Å². The molecular weight excluding hydrogens is 322 g/mol. The zero-order valence-electron chi connectivity index (χ0n) is 12.4. The summed E-state index contributed by atoms with van der Waals surface area (Å²) in [7, 11) is -3.45. The van der Waals surface area contributed by atoms with Crippen molar-refractivity contribution in [1.82, 2.24) is 5.32 Å². The first-order valence-electron chi connectivity index (χ1n) is 7.48. The molecule has 1 aliphatic carbocycles. The summed E-state index contributed by atoms with van der Waals surface area (Å²) in [4.78, 5) is 4.06. The van der Waals surface area contributed by atoms with Crippen LogP contribution in [0.2, 0.25) is 0 Å². The summed E-state index contributed by atoms with van der Waals surface area (Å²) in [6, 6.07) is 3.55. The Morgan fingerprint density at radius 1 is 1.45 bits per heavy atom. The number of rotatable bonds is 6. The van der Waals surface area contributed by atoms with E-state index in [-0.39, 0.29) is 22.5 Å². The van der Waals surface area contributed by atoms with Crippen molar-refractivity contribution < 1.29 is 13.5 Å². The molecule has 0 spiro atoms. The van der Waals surface area contributed by atoms with Crippen molar-refractivity contribution in [3.05, 3.63) is 17.5 Å². The zero-order chi connectivity index (χ0) is 16.0. The maximum Gasteiger partial charge on any atom is 0.190 e. The van der Waals surface area contributed by atoms with Gasteiger partial charge in [-0.15, -0.1) is 11.3 Å². The largest absolute Gasteiger partial charge is 0.390 e. The van der Waals surface area contributed by atoms with Crippen LogP contribution in [0.5, 0.6) is 0 Å². The van der Waals surface area contributed by atoms with E-state index in [1.54, 1.807) is 11.4 Å². The second-order valence-corrected chi connectivity index (χ2v) is 8.78. The van der Waals surface area contributed by atoms with Gasteiger partial charge in [-0.1, -0.05) is 25.3 Å². The molecule has 1 saturated carbocycles. The molecule has 0 saturated heterocycles. The molecule has 1 fully saturated rings. The van der Waals surface area contributed by atoms with Crippen molar-refractivity contribution in [3.63, 3.8) is 0 Å². The van der Waals surface area contributed by atoms with Crippen molar-refractivity contribution in [2.75, 3.05) is 12.3 Å². The molecule has 0 aliphatic heterocycles. The average molecular weight is 345 g/mol. The van der Waals surface area contributed by atoms with Gasteiger partial charge in [0.1, 0.15) is 4.21 Å². The highest BCUT2D eigenvalue weighted by molar-refractivity contribution is 7.93. The summed E-state index contributed by atoms with van der Waals surface area (Å²) in [6.45, 7) is -0.0177. The number of thiophene rings is 1. The Labute approximate surface area is 135 Å². The van der Waals surface area contributed by atoms with Crippen LogP contribution in [0.25, 0.3) is 0 Å². The number of aliphatic hydroxyl groups excluding tert-OH is 1. The lowest BCUT2D eigenvalue weighted by Gasteiger charge is -2.23. The van der Waals surface area contributed by atoms with Gasteiger partial charge in [0.2, 0.25) is 0 Å². The number of aliphatic hydroxyl groups is 1. The Morgan fingerprint density at radius 3 is 2.82 bits per heavy atom. The highest BCUT2D eigenvalue weighted by Gasteiger charge is 2.20. The molecule has 0 radical (unpaired) electrons. The van der Waals surface area contributed by atoms with Crippen LogP contribution >= 0.6 is 11.3 Å². The number of aliphatic imine (C=N–C) groups is 1. The molecular formula is C14H23N3O3S2. The lowest BCUT2D eigenvalue weighted by Crippen LogP contribution is -2.41. The fourth-order valence-corrected chi connectivity index (χ4v) is 5.00. The normalized spacial score (nSPS) is 19.0. The minimum Gasteiger partial charge on any atom is -0.390 e. The molecule has 1 aromatic heterocycles. The van der Waals surface area contributed by atoms with Gasteiger partial charge in [0.05, 0.1) is 18.4 Å². The van der Waals surface area contributed by atoms with Gasteiger partial charge in [0.15, 0.2) is 15.8 Å². The Bertz CT molecular complexity index is 578. The predicted octanol–water partition coefficient (Wildman–Crippen LogP) is 1.12. The van der Waals surface area contributed by atoms with Gasteiger partial charge in [-0.2, -0.15) is 0 Å². The van der Waals surface area contributed by atoms with Crippen LogP contribution in [0.4, 0.5) is 0 Å². The van der Waals surface area contributed by atoms with Gasteiger partial charge in [-0.3, -0.25) is 4.99 Å². The van der Waals surface area contributed by atoms with Crippen LogP contribution in [0, 0.1) is 0 Å². The molecule has 0 bridgehead atoms. The highest BCUT2D eigenvalue weighted by atomic mass is 32.2. The van der Waals surface area contributed by atoms with Crippen molar-refractivity contribution in [1.29, 1.82) is 0 Å². The first-order chi connectivity index (χ1) is 10.5. The molecule has 22 heavy (non-hydrogen) atoms. The number of nitrogens with two attached hydrogens (primary N) is 1. The van der Waals surface area contributed by atoms with Crippen LogP contribution in [-0.2, 0) is 9.84 Å². The Morgan fingerprint density at radius 2 is 2.18 bits per heavy atom. The summed E-state index contributed by atoms with van der Waals surface area (Å²) in [5.41, 5.74) is 5.79. The van der Waals surface area contributed by atoms with Crippen molar-refractivity contribution in [2.24, 2.45) is 10.7 Å². The van der Waals surface area contributed by atoms with Gasteiger partial charge >= 0.3 is 0 Å². The van der Waals surface area contributed by atoms with Crippen molar-refractivity contribution in [2.45, 2.75) is 48.5 Å². The third kappa shape index (κ3) is 5.26. The van der Waals surface area contributed by atoms with E-state index in [1.165, 1.54) is 25.3 Å². The molecule has 0 amide bonds. The minimum absolute atomic E-state index is 0.0177. The molecule has 6 nitrogen and oxygen atoms in total. The van der Waals surface area contributed by atoms with E-state index < -0.39 is 15.9 Å². The van der Waals surface area contributed by atoms with Crippen molar-refractivity contribution >= 4 is 27.1 Å². The second-order valence-electron chi connectivity index (χ2n) is 5.57. The fourth-order valence-electron chi connectivity index (χ4n) is 2.53. The molecule has 1 unspecified atom stereocenters. The maximum absolute atomic E-state index is 12.0.